The van der Waals surface area contributed by atoms with Gasteiger partial charge in [-0.3, -0.25) is 14.6 Å². The molecule has 0 unspecified atom stereocenters. The van der Waals surface area contributed by atoms with Crippen molar-refractivity contribution in [2.45, 2.75) is 52.5 Å². The highest BCUT2D eigenvalue weighted by molar-refractivity contribution is 5.92. The molecule has 2 saturated heterocycles. The van der Waals surface area contributed by atoms with E-state index in [2.05, 4.69) is 10.3 Å². The Morgan fingerprint density at radius 3 is 2.47 bits per heavy atom. The van der Waals surface area contributed by atoms with Crippen molar-refractivity contribution in [3.05, 3.63) is 108 Å². The van der Waals surface area contributed by atoms with E-state index >= 15 is 0 Å². The van der Waals surface area contributed by atoms with Gasteiger partial charge in [0, 0.05) is 37.6 Å². The number of urea groups is 1. The van der Waals surface area contributed by atoms with Crippen molar-refractivity contribution >= 4 is 28.7 Å². The fourth-order valence-electron chi connectivity index (χ4n) is 6.20. The second kappa shape index (κ2) is 13.8. The molecule has 10 heteroatoms. The first kappa shape index (κ1) is 31.5. The van der Waals surface area contributed by atoms with E-state index in [-0.39, 0.29) is 57.1 Å². The van der Waals surface area contributed by atoms with Gasteiger partial charge in [-0.05, 0) is 41.3 Å². The predicted molar refractivity (Wildman–Crippen MR) is 173 cm³/mol. The van der Waals surface area contributed by atoms with Gasteiger partial charge in [0.1, 0.15) is 18.0 Å². The van der Waals surface area contributed by atoms with Crippen molar-refractivity contribution in [3.63, 3.8) is 0 Å². The van der Waals surface area contributed by atoms with Crippen LogP contribution in [0.5, 0.6) is 5.75 Å². The molecule has 234 valence electrons. The minimum Gasteiger partial charge on any atom is -0.508 e. The quantitative estimate of drug-likeness (QED) is 0.304. The molecule has 4 amide bonds. The van der Waals surface area contributed by atoms with Crippen LogP contribution in [0.15, 0.2) is 91.1 Å². The van der Waals surface area contributed by atoms with Crippen molar-refractivity contribution in [2.75, 3.05) is 19.6 Å². The molecule has 0 radical (unpaired) electrons. The molecule has 3 aromatic carbocycles. The number of aromatic hydroxyl groups is 1. The summed E-state index contributed by atoms with van der Waals surface area (Å²) in [6, 6.07) is 24.9. The Labute approximate surface area is 263 Å². The monoisotopic (exact) mass is 608 g/mol. The number of carbonyl (C=O) groups excluding carboxylic acids is 3. The lowest BCUT2D eigenvalue weighted by atomic mass is 9.98. The summed E-state index contributed by atoms with van der Waals surface area (Å²) in [5.74, 6) is -0.263. The number of phenols is 1. The molecule has 2 atom stereocenters. The normalized spacial score (nSPS) is 18.5. The van der Waals surface area contributed by atoms with Crippen molar-refractivity contribution in [3.8, 4) is 5.75 Å². The molecule has 0 bridgehead atoms. The zero-order chi connectivity index (χ0) is 30.6. The van der Waals surface area contributed by atoms with Crippen LogP contribution in [0.4, 0.5) is 4.79 Å². The minimum atomic E-state index is -0.832. The lowest BCUT2D eigenvalue weighted by Crippen LogP contribution is -2.76. The van der Waals surface area contributed by atoms with E-state index < -0.39 is 12.2 Å². The van der Waals surface area contributed by atoms with Gasteiger partial charge in [-0.2, -0.15) is 0 Å². The average Bonchev–Trinajstić information content (AvgIpc) is 3.03. The van der Waals surface area contributed by atoms with Gasteiger partial charge in [0.05, 0.1) is 18.6 Å². The Morgan fingerprint density at radius 2 is 1.71 bits per heavy atom. The molecule has 1 aromatic heterocycles. The molecule has 0 aliphatic carbocycles. The summed E-state index contributed by atoms with van der Waals surface area (Å²) in [4.78, 5) is 49.9. The maximum atomic E-state index is 14.3. The zero-order valence-corrected chi connectivity index (χ0v) is 24.7. The number of fused-ring (bicyclic) bond motifs is 2. The van der Waals surface area contributed by atoms with E-state index in [1.165, 1.54) is 0 Å². The van der Waals surface area contributed by atoms with Gasteiger partial charge in [-0.1, -0.05) is 81.1 Å². The molecule has 2 aliphatic rings. The van der Waals surface area contributed by atoms with E-state index in [9.17, 15) is 19.5 Å². The summed E-state index contributed by atoms with van der Waals surface area (Å²) >= 11 is 0. The third kappa shape index (κ3) is 6.61. The number of amides is 4. The summed E-state index contributed by atoms with van der Waals surface area (Å²) in [6.45, 7) is 3.28. The van der Waals surface area contributed by atoms with Crippen molar-refractivity contribution < 1.29 is 19.5 Å². The van der Waals surface area contributed by atoms with Gasteiger partial charge in [0.2, 0.25) is 11.8 Å². The highest BCUT2D eigenvalue weighted by atomic mass is 16.3. The van der Waals surface area contributed by atoms with Crippen LogP contribution in [0.1, 0.15) is 37.5 Å². The molecule has 2 fully saturated rings. The number of piperazine rings is 1. The number of pyridine rings is 1. The smallest absolute Gasteiger partial charge is 0.334 e. The number of rotatable bonds is 8. The highest BCUT2D eigenvalue weighted by Crippen LogP contribution is 2.30. The highest BCUT2D eigenvalue weighted by Gasteiger charge is 2.51. The summed E-state index contributed by atoms with van der Waals surface area (Å²) in [7, 11) is 0. The number of benzene rings is 3. The van der Waals surface area contributed by atoms with Gasteiger partial charge in [0.25, 0.3) is 0 Å². The Bertz CT molecular complexity index is 1640. The van der Waals surface area contributed by atoms with Crippen LogP contribution < -0.4 is 5.32 Å². The topological polar surface area (TPSA) is 109 Å². The molecule has 0 saturated carbocycles. The molecular formula is C35H40N6O4. The molecule has 0 spiro atoms. The summed E-state index contributed by atoms with van der Waals surface area (Å²) < 4.78 is 0. The van der Waals surface area contributed by atoms with Crippen LogP contribution in [0.25, 0.3) is 10.9 Å². The predicted octanol–water partition coefficient (Wildman–Crippen LogP) is 4.54. The number of nitrogens with one attached hydrogen (secondary N) is 1. The number of phenolic OH excluding ortho intramolecular Hbond substituents is 1. The van der Waals surface area contributed by atoms with Gasteiger partial charge in [0.15, 0.2) is 0 Å². The van der Waals surface area contributed by atoms with Crippen LogP contribution >= 0.6 is 0 Å². The average molecular weight is 609 g/mol. The fraction of sp³-hybridized carbons (Fsp3) is 0.314. The molecule has 45 heavy (non-hydrogen) atoms. The number of para-hydroxylation sites is 1. The van der Waals surface area contributed by atoms with Gasteiger partial charge in [-0.15, -0.1) is 0 Å². The number of carbonyl (C=O) groups is 3. The van der Waals surface area contributed by atoms with E-state index in [4.69, 9.17) is 0 Å². The molecule has 2 aliphatic heterocycles. The van der Waals surface area contributed by atoms with E-state index in [1.807, 2.05) is 67.6 Å². The lowest BCUT2D eigenvalue weighted by molar-refractivity contribution is -0.190. The van der Waals surface area contributed by atoms with Crippen LogP contribution in [-0.4, -0.2) is 79.6 Å². The van der Waals surface area contributed by atoms with Crippen molar-refractivity contribution in [1.29, 1.82) is 0 Å². The van der Waals surface area contributed by atoms with Crippen LogP contribution in [0.2, 0.25) is 0 Å². The lowest BCUT2D eigenvalue weighted by Gasteiger charge is -2.55. The minimum absolute atomic E-state index is 0. The molecule has 3 heterocycles. The third-order valence-electron chi connectivity index (χ3n) is 8.25. The molecule has 4 aromatic rings. The van der Waals surface area contributed by atoms with Gasteiger partial charge in [-0.25, -0.2) is 14.8 Å². The first-order valence-corrected chi connectivity index (χ1v) is 15.0. The maximum Gasteiger partial charge on any atom is 0.334 e. The second-order valence-corrected chi connectivity index (χ2v) is 11.3. The SMILES string of the molecule is C.CCCN1CC(=O)N2[C@@H](Cc3ccc(O)cc3)C(=O)N(Cc3cccc4cccnc34)C[C@@H]2N1C(=O)NCc1ccccc1. The Balaban J connectivity index is 0.00000400. The molecular weight excluding hydrogens is 568 g/mol. The van der Waals surface area contributed by atoms with Gasteiger partial charge < -0.3 is 20.2 Å². The Morgan fingerprint density at radius 1 is 0.956 bits per heavy atom. The van der Waals surface area contributed by atoms with Crippen LogP contribution in [0.3, 0.4) is 0 Å². The number of hydrazine groups is 1. The zero-order valence-electron chi connectivity index (χ0n) is 24.7. The van der Waals surface area contributed by atoms with Crippen molar-refractivity contribution in [2.24, 2.45) is 0 Å². The number of hydrogen-bond acceptors (Lipinski definition) is 6. The molecule has 2 N–H and O–H groups in total. The number of hydrogen-bond donors (Lipinski definition) is 2. The Kier molecular flexibility index (Phi) is 9.63. The van der Waals surface area contributed by atoms with E-state index in [1.54, 1.807) is 50.3 Å². The third-order valence-corrected chi connectivity index (χ3v) is 8.25. The summed E-state index contributed by atoms with van der Waals surface area (Å²) in [5, 5.41) is 17.3. The van der Waals surface area contributed by atoms with Crippen LogP contribution in [0, 0.1) is 0 Å². The number of nitrogens with zero attached hydrogens (tertiary/aromatic N) is 5. The summed E-state index contributed by atoms with van der Waals surface area (Å²) in [6.07, 6.45) is 2.02. The first-order chi connectivity index (χ1) is 21.4. The van der Waals surface area contributed by atoms with Crippen LogP contribution in [-0.2, 0) is 29.1 Å². The van der Waals surface area contributed by atoms with E-state index in [0.29, 0.717) is 13.1 Å². The standard InChI is InChI=1S/C34H36N6O4.CH4/c1-2-18-38-23-31(42)39-29(19-24-13-15-28(41)16-14-24)33(43)37(21-27-11-6-10-26-12-7-17-35-32(26)27)22-30(39)40(38)34(44)36-20-25-8-4-3-5-9-25;/h3-17,29-30,41H,2,18-23H2,1H3,(H,36,44);1H4/t29-,30-;/m0./s1. The second-order valence-electron chi connectivity index (χ2n) is 11.3. The first-order valence-electron chi connectivity index (χ1n) is 15.0. The molecule has 6 rings (SSSR count). The van der Waals surface area contributed by atoms with Crippen molar-refractivity contribution in [1.82, 2.24) is 30.1 Å². The largest absolute Gasteiger partial charge is 0.508 e. The number of aromatic nitrogens is 1. The fourth-order valence-corrected chi connectivity index (χ4v) is 6.20. The van der Waals surface area contributed by atoms with E-state index in [0.717, 1.165) is 34.0 Å². The Hall–Kier alpha value is -4.96. The maximum absolute atomic E-state index is 14.3. The summed E-state index contributed by atoms with van der Waals surface area (Å²) in [5.41, 5.74) is 3.46. The molecule has 10 nitrogen and oxygen atoms in total. The van der Waals surface area contributed by atoms with Gasteiger partial charge >= 0.3 is 6.03 Å².